The number of nitrogens with zero attached hydrogens (tertiary/aromatic N) is 1. The Labute approximate surface area is 132 Å². The summed E-state index contributed by atoms with van der Waals surface area (Å²) in [5, 5.41) is 8.47. The number of carbonyl (C=O) groups is 1. The van der Waals surface area contributed by atoms with Gasteiger partial charge in [0.2, 0.25) is 10.0 Å². The van der Waals surface area contributed by atoms with Crippen molar-refractivity contribution in [2.24, 2.45) is 5.14 Å². The number of halogens is 1. The van der Waals surface area contributed by atoms with Crippen LogP contribution in [0.2, 0.25) is 0 Å². The first-order chi connectivity index (χ1) is 9.70. The molecule has 0 aromatic heterocycles. The average Bonchev–Trinajstić information content (AvgIpc) is 2.39. The summed E-state index contributed by atoms with van der Waals surface area (Å²) < 4.78 is 23.8. The van der Waals surface area contributed by atoms with Gasteiger partial charge in [-0.1, -0.05) is 15.9 Å². The van der Waals surface area contributed by atoms with E-state index in [1.165, 1.54) is 6.07 Å². The SMILES string of the molecule is Cc1c(C(=O)N2CCNC(C)C2)cc(Br)cc1S(N)(=O)=O. The van der Waals surface area contributed by atoms with E-state index in [0.29, 0.717) is 28.7 Å². The molecule has 3 N–H and O–H groups in total. The van der Waals surface area contributed by atoms with Crippen LogP contribution in [0.25, 0.3) is 0 Å². The molecule has 1 unspecified atom stereocenters. The fraction of sp³-hybridized carbons (Fsp3) is 0.462. The molecule has 1 fully saturated rings. The van der Waals surface area contributed by atoms with Gasteiger partial charge in [-0.2, -0.15) is 0 Å². The van der Waals surface area contributed by atoms with Gasteiger partial charge in [-0.25, -0.2) is 13.6 Å². The zero-order chi connectivity index (χ0) is 15.8. The van der Waals surface area contributed by atoms with Gasteiger partial charge >= 0.3 is 0 Å². The number of carbonyl (C=O) groups excluding carboxylic acids is 1. The summed E-state index contributed by atoms with van der Waals surface area (Å²) in [6.07, 6.45) is 0. The summed E-state index contributed by atoms with van der Waals surface area (Å²) >= 11 is 3.24. The van der Waals surface area contributed by atoms with Crippen molar-refractivity contribution in [3.8, 4) is 0 Å². The van der Waals surface area contributed by atoms with E-state index in [1.54, 1.807) is 17.9 Å². The summed E-state index contributed by atoms with van der Waals surface area (Å²) in [5.41, 5.74) is 0.749. The first-order valence-corrected chi connectivity index (χ1v) is 8.89. The second-order valence-electron chi connectivity index (χ2n) is 5.23. The Kier molecular flexibility index (Phi) is 4.72. The molecule has 1 aromatic carbocycles. The van der Waals surface area contributed by atoms with Crippen LogP contribution in [0.1, 0.15) is 22.8 Å². The molecule has 0 aliphatic carbocycles. The fourth-order valence-corrected chi connectivity index (χ4v) is 3.90. The minimum absolute atomic E-state index is 0.0246. The maximum atomic E-state index is 12.6. The van der Waals surface area contributed by atoms with Gasteiger partial charge in [-0.05, 0) is 31.5 Å². The summed E-state index contributed by atoms with van der Waals surface area (Å²) in [7, 11) is -3.87. The zero-order valence-corrected chi connectivity index (χ0v) is 14.3. The summed E-state index contributed by atoms with van der Waals surface area (Å²) in [4.78, 5) is 14.3. The molecule has 0 radical (unpaired) electrons. The first-order valence-electron chi connectivity index (χ1n) is 6.55. The van der Waals surface area contributed by atoms with Gasteiger partial charge in [0.05, 0.1) is 4.90 Å². The van der Waals surface area contributed by atoms with Crippen molar-refractivity contribution in [3.05, 3.63) is 27.7 Å². The average molecular weight is 376 g/mol. The monoisotopic (exact) mass is 375 g/mol. The summed E-state index contributed by atoms with van der Waals surface area (Å²) in [5.74, 6) is -0.174. The third kappa shape index (κ3) is 3.63. The van der Waals surface area contributed by atoms with Crippen LogP contribution in [0.3, 0.4) is 0 Å². The third-order valence-electron chi connectivity index (χ3n) is 3.52. The lowest BCUT2D eigenvalue weighted by molar-refractivity contribution is 0.0708. The largest absolute Gasteiger partial charge is 0.336 e. The highest BCUT2D eigenvalue weighted by Gasteiger charge is 2.25. The molecule has 116 valence electrons. The Morgan fingerprint density at radius 2 is 2.14 bits per heavy atom. The molecule has 1 atom stereocenters. The maximum absolute atomic E-state index is 12.6. The molecule has 1 aromatic rings. The van der Waals surface area contributed by atoms with Crippen molar-refractivity contribution in [2.75, 3.05) is 19.6 Å². The van der Waals surface area contributed by atoms with Gasteiger partial charge in [0, 0.05) is 35.7 Å². The van der Waals surface area contributed by atoms with E-state index in [2.05, 4.69) is 21.2 Å². The van der Waals surface area contributed by atoms with Gasteiger partial charge in [0.1, 0.15) is 0 Å². The number of amides is 1. The van der Waals surface area contributed by atoms with E-state index < -0.39 is 10.0 Å². The molecule has 0 spiro atoms. The Bertz CT molecular complexity index is 675. The number of piperazine rings is 1. The number of benzene rings is 1. The highest BCUT2D eigenvalue weighted by atomic mass is 79.9. The van der Waals surface area contributed by atoms with Crippen molar-refractivity contribution in [3.63, 3.8) is 0 Å². The van der Waals surface area contributed by atoms with Crippen LogP contribution >= 0.6 is 15.9 Å². The fourth-order valence-electron chi connectivity index (χ4n) is 2.46. The van der Waals surface area contributed by atoms with Crippen LogP contribution in [0.5, 0.6) is 0 Å². The number of nitrogens with two attached hydrogens (primary N) is 1. The lowest BCUT2D eigenvalue weighted by atomic mass is 10.1. The number of sulfonamides is 1. The topological polar surface area (TPSA) is 92.5 Å². The molecule has 21 heavy (non-hydrogen) atoms. The Balaban J connectivity index is 2.44. The number of primary sulfonamides is 1. The van der Waals surface area contributed by atoms with Crippen molar-refractivity contribution >= 4 is 31.9 Å². The van der Waals surface area contributed by atoms with Gasteiger partial charge in [0.25, 0.3) is 5.91 Å². The molecule has 0 saturated carbocycles. The zero-order valence-electron chi connectivity index (χ0n) is 11.9. The summed E-state index contributed by atoms with van der Waals surface area (Å²) in [6, 6.07) is 3.27. The molecule has 2 rings (SSSR count). The van der Waals surface area contributed by atoms with Gasteiger partial charge in [-0.15, -0.1) is 0 Å². The minimum Gasteiger partial charge on any atom is -0.336 e. The predicted octanol–water partition coefficient (Wildman–Crippen LogP) is 0.839. The second-order valence-corrected chi connectivity index (χ2v) is 7.67. The first kappa shape index (κ1) is 16.4. The molecule has 6 nitrogen and oxygen atoms in total. The van der Waals surface area contributed by atoms with E-state index in [-0.39, 0.29) is 16.8 Å². The molecule has 0 bridgehead atoms. The molecule has 1 saturated heterocycles. The number of hydrogen-bond acceptors (Lipinski definition) is 4. The molecule has 1 amide bonds. The number of nitrogens with one attached hydrogen (secondary N) is 1. The smallest absolute Gasteiger partial charge is 0.254 e. The van der Waals surface area contributed by atoms with E-state index in [4.69, 9.17) is 5.14 Å². The lowest BCUT2D eigenvalue weighted by Gasteiger charge is -2.32. The molecule has 1 aliphatic rings. The van der Waals surface area contributed by atoms with Crippen LogP contribution in [0.15, 0.2) is 21.5 Å². The highest BCUT2D eigenvalue weighted by Crippen LogP contribution is 2.25. The molecular weight excluding hydrogens is 358 g/mol. The van der Waals surface area contributed by atoms with Crippen LogP contribution < -0.4 is 10.5 Å². The Morgan fingerprint density at radius 1 is 1.48 bits per heavy atom. The van der Waals surface area contributed by atoms with E-state index in [9.17, 15) is 13.2 Å². The Hall–Kier alpha value is -0.960. The van der Waals surface area contributed by atoms with Crippen molar-refractivity contribution in [1.82, 2.24) is 10.2 Å². The van der Waals surface area contributed by atoms with Crippen molar-refractivity contribution < 1.29 is 13.2 Å². The molecule has 8 heteroatoms. The summed E-state index contributed by atoms with van der Waals surface area (Å²) in [6.45, 7) is 5.52. The predicted molar refractivity (Wildman–Crippen MR) is 83.6 cm³/mol. The maximum Gasteiger partial charge on any atom is 0.254 e. The van der Waals surface area contributed by atoms with Crippen LogP contribution in [-0.2, 0) is 10.0 Å². The van der Waals surface area contributed by atoms with Crippen molar-refractivity contribution in [1.29, 1.82) is 0 Å². The van der Waals surface area contributed by atoms with E-state index in [1.807, 2.05) is 6.92 Å². The Morgan fingerprint density at radius 3 is 2.71 bits per heavy atom. The lowest BCUT2D eigenvalue weighted by Crippen LogP contribution is -2.51. The standard InChI is InChI=1S/C13H18BrN3O3S/c1-8-7-17(4-3-16-8)13(18)11-5-10(14)6-12(9(11)2)21(15,19)20/h5-6,8,16H,3-4,7H2,1-2H3,(H2,15,19,20). The van der Waals surface area contributed by atoms with Crippen LogP contribution in [-0.4, -0.2) is 44.9 Å². The molecule has 1 heterocycles. The third-order valence-corrected chi connectivity index (χ3v) is 5.01. The number of rotatable bonds is 2. The van der Waals surface area contributed by atoms with Crippen molar-refractivity contribution in [2.45, 2.75) is 24.8 Å². The van der Waals surface area contributed by atoms with E-state index in [0.717, 1.165) is 6.54 Å². The van der Waals surface area contributed by atoms with Crippen LogP contribution in [0, 0.1) is 6.92 Å². The normalized spacial score (nSPS) is 19.6. The second kappa shape index (κ2) is 6.04. The van der Waals surface area contributed by atoms with E-state index >= 15 is 0 Å². The van der Waals surface area contributed by atoms with Crippen LogP contribution in [0.4, 0.5) is 0 Å². The van der Waals surface area contributed by atoms with Gasteiger partial charge in [-0.3, -0.25) is 4.79 Å². The number of hydrogen-bond donors (Lipinski definition) is 2. The minimum atomic E-state index is -3.87. The molecular formula is C13H18BrN3O3S. The quantitative estimate of drug-likeness (QED) is 0.800. The van der Waals surface area contributed by atoms with Gasteiger partial charge in [0.15, 0.2) is 0 Å². The highest BCUT2D eigenvalue weighted by molar-refractivity contribution is 9.10. The van der Waals surface area contributed by atoms with Gasteiger partial charge < -0.3 is 10.2 Å². The molecule has 1 aliphatic heterocycles.